The van der Waals surface area contributed by atoms with E-state index in [1.165, 1.54) is 10.4 Å². The van der Waals surface area contributed by atoms with Gasteiger partial charge < -0.3 is 5.11 Å². The zero-order valence-electron chi connectivity index (χ0n) is 9.64. The lowest BCUT2D eigenvalue weighted by atomic mass is 9.82. The summed E-state index contributed by atoms with van der Waals surface area (Å²) in [6, 6.07) is 1.46. The molecule has 0 amide bonds. The summed E-state index contributed by atoms with van der Waals surface area (Å²) in [5.74, 6) is 0.249. The summed E-state index contributed by atoms with van der Waals surface area (Å²) in [4.78, 5) is 0. The van der Waals surface area contributed by atoms with Crippen molar-refractivity contribution in [3.63, 3.8) is 0 Å². The average Bonchev–Trinajstić information content (AvgIpc) is 2.57. The van der Waals surface area contributed by atoms with Crippen molar-refractivity contribution in [2.24, 2.45) is 5.92 Å². The minimum Gasteiger partial charge on any atom is -0.393 e. The highest BCUT2D eigenvalue weighted by atomic mass is 79.9. The molecule has 0 bridgehead atoms. The second-order valence-electron chi connectivity index (χ2n) is 4.46. The molecule has 1 aliphatic rings. The van der Waals surface area contributed by atoms with Crippen molar-refractivity contribution < 1.29 is 13.5 Å². The lowest BCUT2D eigenvalue weighted by molar-refractivity contribution is 0.0367. The predicted octanol–water partition coefficient (Wildman–Crippen LogP) is 2.56. The average molecular weight is 375 g/mol. The molecule has 0 unspecified atom stereocenters. The van der Waals surface area contributed by atoms with Gasteiger partial charge in [0.1, 0.15) is 4.21 Å². The van der Waals surface area contributed by atoms with Crippen molar-refractivity contribution in [3.8, 4) is 0 Å². The number of hydrogen-bond acceptors (Lipinski definition) is 4. The molecule has 1 saturated carbocycles. The lowest BCUT2D eigenvalue weighted by Crippen LogP contribution is -2.39. The van der Waals surface area contributed by atoms with Crippen LogP contribution >= 0.6 is 38.9 Å². The van der Waals surface area contributed by atoms with Crippen LogP contribution < -0.4 is 0 Å². The molecule has 8 heteroatoms. The number of aliphatic hydroxyl groups is 1. The summed E-state index contributed by atoms with van der Waals surface area (Å²) in [6.07, 6.45) is 1.08. The van der Waals surface area contributed by atoms with E-state index in [4.69, 9.17) is 11.6 Å². The lowest BCUT2D eigenvalue weighted by Gasteiger charge is -2.33. The number of nitrogens with zero attached hydrogens (tertiary/aromatic N) is 1. The third-order valence-corrected chi connectivity index (χ3v) is 7.76. The van der Waals surface area contributed by atoms with Crippen LogP contribution in [0.5, 0.6) is 0 Å². The summed E-state index contributed by atoms with van der Waals surface area (Å²) in [5, 5.41) is 9.61. The van der Waals surface area contributed by atoms with Crippen LogP contribution in [0.2, 0.25) is 5.02 Å². The minimum absolute atomic E-state index is 0.238. The minimum atomic E-state index is -3.47. The summed E-state index contributed by atoms with van der Waals surface area (Å²) < 4.78 is 26.7. The van der Waals surface area contributed by atoms with Gasteiger partial charge in [-0.2, -0.15) is 4.31 Å². The molecule has 0 radical (unpaired) electrons. The third-order valence-electron chi connectivity index (χ3n) is 3.01. The second-order valence-corrected chi connectivity index (χ2v) is 9.51. The van der Waals surface area contributed by atoms with Crippen LogP contribution in [0, 0.1) is 5.92 Å². The molecule has 1 aliphatic carbocycles. The van der Waals surface area contributed by atoms with Gasteiger partial charge in [0.05, 0.1) is 14.9 Å². The molecular formula is C10H13BrClNO3S2. The van der Waals surface area contributed by atoms with E-state index in [0.717, 1.165) is 11.3 Å². The number of sulfonamides is 1. The van der Waals surface area contributed by atoms with Gasteiger partial charge in [0.25, 0.3) is 10.0 Å². The highest BCUT2D eigenvalue weighted by Gasteiger charge is 2.32. The van der Waals surface area contributed by atoms with Gasteiger partial charge in [0, 0.05) is 13.6 Å². The van der Waals surface area contributed by atoms with Crippen LogP contribution in [0.4, 0.5) is 0 Å². The first-order valence-electron chi connectivity index (χ1n) is 5.40. The molecular weight excluding hydrogens is 362 g/mol. The maximum Gasteiger partial charge on any atom is 0.252 e. The molecule has 2 rings (SSSR count). The zero-order valence-corrected chi connectivity index (χ0v) is 13.6. The van der Waals surface area contributed by atoms with E-state index in [0.29, 0.717) is 28.2 Å². The van der Waals surface area contributed by atoms with Crippen LogP contribution in [0.1, 0.15) is 12.8 Å². The first kappa shape index (κ1) is 14.7. The maximum atomic E-state index is 12.2. The van der Waals surface area contributed by atoms with Gasteiger partial charge in [0.2, 0.25) is 0 Å². The van der Waals surface area contributed by atoms with Crippen molar-refractivity contribution in [2.75, 3.05) is 13.6 Å². The molecule has 18 heavy (non-hydrogen) atoms. The molecule has 4 nitrogen and oxygen atoms in total. The highest BCUT2D eigenvalue weighted by Crippen LogP contribution is 2.36. The summed E-state index contributed by atoms with van der Waals surface area (Å²) in [5.41, 5.74) is 0. The molecule has 0 saturated heterocycles. The van der Waals surface area contributed by atoms with Gasteiger partial charge in [-0.3, -0.25) is 0 Å². The van der Waals surface area contributed by atoms with Crippen LogP contribution in [0.3, 0.4) is 0 Å². The topological polar surface area (TPSA) is 57.6 Å². The van der Waals surface area contributed by atoms with E-state index in [1.807, 2.05) is 0 Å². The van der Waals surface area contributed by atoms with Crippen LogP contribution in [0.15, 0.2) is 14.1 Å². The normalized spacial score (nSPS) is 24.3. The second kappa shape index (κ2) is 5.38. The van der Waals surface area contributed by atoms with Gasteiger partial charge in [-0.05, 0) is 40.8 Å². The Morgan fingerprint density at radius 1 is 1.61 bits per heavy atom. The molecule has 0 spiro atoms. The number of aliphatic hydroxyl groups excluding tert-OH is 1. The molecule has 1 aromatic rings. The smallest absolute Gasteiger partial charge is 0.252 e. The predicted molar refractivity (Wildman–Crippen MR) is 75.6 cm³/mol. The molecule has 1 heterocycles. The fourth-order valence-electron chi connectivity index (χ4n) is 1.92. The Kier molecular flexibility index (Phi) is 4.40. The maximum absolute atomic E-state index is 12.2. The van der Waals surface area contributed by atoms with Gasteiger partial charge in [-0.1, -0.05) is 11.6 Å². The Morgan fingerprint density at radius 3 is 2.67 bits per heavy atom. The number of thiophene rings is 1. The highest BCUT2D eigenvalue weighted by molar-refractivity contribution is 9.11. The van der Waals surface area contributed by atoms with Crippen LogP contribution in [-0.2, 0) is 10.0 Å². The molecule has 1 aromatic heterocycles. The van der Waals surface area contributed by atoms with Crippen molar-refractivity contribution >= 4 is 48.9 Å². The zero-order chi connectivity index (χ0) is 13.5. The first-order chi connectivity index (χ1) is 8.30. The van der Waals surface area contributed by atoms with E-state index in [1.54, 1.807) is 7.05 Å². The Hall–Kier alpha value is 0.340. The summed E-state index contributed by atoms with van der Waals surface area (Å²) >= 11 is 10.2. The van der Waals surface area contributed by atoms with Crippen molar-refractivity contribution in [1.29, 1.82) is 0 Å². The van der Waals surface area contributed by atoms with E-state index >= 15 is 0 Å². The van der Waals surface area contributed by atoms with Gasteiger partial charge in [-0.25, -0.2) is 8.42 Å². The van der Waals surface area contributed by atoms with Crippen molar-refractivity contribution in [3.05, 3.63) is 14.9 Å². The fraction of sp³-hybridized carbons (Fsp3) is 0.600. The molecule has 0 atom stereocenters. The number of rotatable bonds is 4. The quantitative estimate of drug-likeness (QED) is 0.881. The SMILES string of the molecule is CN(CC1CC(O)C1)S(=O)(=O)c1cc(Cl)c(Br)s1. The van der Waals surface area contributed by atoms with Crippen LogP contribution in [-0.4, -0.2) is 37.5 Å². The molecule has 1 fully saturated rings. The fourth-order valence-corrected chi connectivity index (χ4v) is 5.78. The molecule has 0 aromatic carbocycles. The molecule has 0 aliphatic heterocycles. The Bertz CT molecular complexity index is 520. The largest absolute Gasteiger partial charge is 0.393 e. The summed E-state index contributed by atoms with van der Waals surface area (Å²) in [6.45, 7) is 0.437. The summed E-state index contributed by atoms with van der Waals surface area (Å²) in [7, 11) is -1.92. The number of halogens is 2. The Labute approximate surface area is 124 Å². The molecule has 102 valence electrons. The van der Waals surface area contributed by atoms with E-state index in [-0.39, 0.29) is 16.2 Å². The Morgan fingerprint density at radius 2 is 2.22 bits per heavy atom. The van der Waals surface area contributed by atoms with Gasteiger partial charge in [-0.15, -0.1) is 11.3 Å². The van der Waals surface area contributed by atoms with Crippen molar-refractivity contribution in [2.45, 2.75) is 23.2 Å². The van der Waals surface area contributed by atoms with Gasteiger partial charge >= 0.3 is 0 Å². The first-order valence-corrected chi connectivity index (χ1v) is 8.82. The van der Waals surface area contributed by atoms with Gasteiger partial charge in [0.15, 0.2) is 0 Å². The standard InChI is InChI=1S/C10H13BrClNO3S2/c1-13(5-6-2-7(14)3-6)18(15,16)9-4-8(12)10(11)17-9/h4,6-7,14H,2-3,5H2,1H3. The monoisotopic (exact) mass is 373 g/mol. The third kappa shape index (κ3) is 2.91. The number of hydrogen-bond donors (Lipinski definition) is 1. The van der Waals surface area contributed by atoms with Crippen molar-refractivity contribution in [1.82, 2.24) is 4.31 Å². The molecule has 1 N–H and O–H groups in total. The van der Waals surface area contributed by atoms with E-state index < -0.39 is 10.0 Å². The Balaban J connectivity index is 2.10. The van der Waals surface area contributed by atoms with E-state index in [2.05, 4.69) is 15.9 Å². The van der Waals surface area contributed by atoms with E-state index in [9.17, 15) is 13.5 Å². The van der Waals surface area contributed by atoms with Crippen LogP contribution in [0.25, 0.3) is 0 Å².